The molecule has 0 aliphatic rings. The maximum Gasteiger partial charge on any atom is 0.0301 e. The quantitative estimate of drug-likeness (QED) is 0.282. The third-order valence-corrected chi connectivity index (χ3v) is 3.85. The summed E-state index contributed by atoms with van der Waals surface area (Å²) in [5.41, 5.74) is 2.92. The molecular weight excluding hydrogens is 216 g/mol. The van der Waals surface area contributed by atoms with Crippen molar-refractivity contribution >= 4 is 11.8 Å². The van der Waals surface area contributed by atoms with Crippen LogP contribution in [-0.2, 0) is 0 Å². The van der Waals surface area contributed by atoms with Gasteiger partial charge in [0, 0.05) is 16.5 Å². The zero-order valence-corrected chi connectivity index (χ0v) is 11.9. The first-order chi connectivity index (χ1) is 7.49. The number of allylic oxidation sites excluding steroid dienone is 1. The van der Waals surface area contributed by atoms with E-state index in [9.17, 15) is 0 Å². The molecule has 0 saturated heterocycles. The number of hydrogen-bond acceptors (Lipinski definition) is 3. The van der Waals surface area contributed by atoms with E-state index >= 15 is 0 Å². The molecule has 0 rings (SSSR count). The van der Waals surface area contributed by atoms with E-state index in [0.29, 0.717) is 10.8 Å². The molecule has 0 heterocycles. The molecule has 0 fully saturated rings. The Hall–Kier alpha value is 0.01000. The summed E-state index contributed by atoms with van der Waals surface area (Å²) in [7, 11) is 0. The van der Waals surface area contributed by atoms with Crippen LogP contribution < -0.4 is 11.3 Å². The molecule has 0 aromatic heterocycles. The summed E-state index contributed by atoms with van der Waals surface area (Å²) in [6.07, 6.45) is 8.10. The first-order valence-corrected chi connectivity index (χ1v) is 7.19. The van der Waals surface area contributed by atoms with Crippen LogP contribution in [0.2, 0.25) is 0 Å². The fourth-order valence-electron chi connectivity index (χ4n) is 1.42. The molecule has 1 atom stereocenters. The van der Waals surface area contributed by atoms with Crippen molar-refractivity contribution in [2.45, 2.75) is 63.7 Å². The van der Waals surface area contributed by atoms with Gasteiger partial charge in [-0.2, -0.15) is 11.8 Å². The molecule has 0 radical (unpaired) electrons. The van der Waals surface area contributed by atoms with E-state index in [1.807, 2.05) is 17.8 Å². The van der Waals surface area contributed by atoms with Gasteiger partial charge in [-0.25, -0.2) is 0 Å². The standard InChI is InChI=1S/C13H28N2S/c1-5-6-7-8-9-10-12(15-14)11-16-13(2,3)4/h5,12,15H,1,6-11,14H2,2-4H3. The molecule has 0 amide bonds. The molecule has 96 valence electrons. The highest BCUT2D eigenvalue weighted by atomic mass is 32.2. The van der Waals surface area contributed by atoms with Crippen molar-refractivity contribution in [3.05, 3.63) is 12.7 Å². The maximum atomic E-state index is 5.56. The minimum absolute atomic E-state index is 0.331. The van der Waals surface area contributed by atoms with Crippen molar-refractivity contribution in [3.63, 3.8) is 0 Å². The van der Waals surface area contributed by atoms with Crippen LogP contribution in [0, 0.1) is 0 Å². The van der Waals surface area contributed by atoms with E-state index in [2.05, 4.69) is 32.8 Å². The Bertz CT molecular complexity index is 175. The lowest BCUT2D eigenvalue weighted by Gasteiger charge is -2.22. The average Bonchev–Trinajstić information content (AvgIpc) is 2.21. The van der Waals surface area contributed by atoms with Crippen LogP contribution in [-0.4, -0.2) is 16.5 Å². The zero-order valence-electron chi connectivity index (χ0n) is 11.1. The van der Waals surface area contributed by atoms with Gasteiger partial charge in [-0.05, 0) is 19.3 Å². The minimum atomic E-state index is 0.331. The molecule has 2 nitrogen and oxygen atoms in total. The van der Waals surface area contributed by atoms with E-state index in [1.165, 1.54) is 25.7 Å². The normalized spacial score (nSPS) is 13.8. The van der Waals surface area contributed by atoms with E-state index in [1.54, 1.807) is 0 Å². The van der Waals surface area contributed by atoms with E-state index < -0.39 is 0 Å². The maximum absolute atomic E-state index is 5.56. The van der Waals surface area contributed by atoms with Crippen molar-refractivity contribution in [2.24, 2.45) is 5.84 Å². The smallest absolute Gasteiger partial charge is 0.0301 e. The number of thioether (sulfide) groups is 1. The second-order valence-corrected chi connectivity index (χ2v) is 7.06. The Labute approximate surface area is 105 Å². The molecule has 0 aromatic carbocycles. The lowest BCUT2D eigenvalue weighted by atomic mass is 10.1. The van der Waals surface area contributed by atoms with Crippen LogP contribution in [0.15, 0.2) is 12.7 Å². The van der Waals surface area contributed by atoms with Crippen molar-refractivity contribution in [1.82, 2.24) is 5.43 Å². The molecule has 0 spiro atoms. The van der Waals surface area contributed by atoms with Crippen LogP contribution in [0.5, 0.6) is 0 Å². The summed E-state index contributed by atoms with van der Waals surface area (Å²) in [6.45, 7) is 10.5. The summed E-state index contributed by atoms with van der Waals surface area (Å²) < 4.78 is 0.331. The van der Waals surface area contributed by atoms with Crippen molar-refractivity contribution in [2.75, 3.05) is 5.75 Å². The molecule has 16 heavy (non-hydrogen) atoms. The first-order valence-electron chi connectivity index (χ1n) is 6.20. The molecule has 1 unspecified atom stereocenters. The van der Waals surface area contributed by atoms with Gasteiger partial charge in [-0.1, -0.05) is 39.7 Å². The summed E-state index contributed by atoms with van der Waals surface area (Å²) in [4.78, 5) is 0. The van der Waals surface area contributed by atoms with Crippen LogP contribution >= 0.6 is 11.8 Å². The predicted octanol–water partition coefficient (Wildman–Crippen LogP) is 3.49. The molecule has 0 aliphatic heterocycles. The Kier molecular flexibility index (Phi) is 9.09. The number of hydrogen-bond donors (Lipinski definition) is 2. The summed E-state index contributed by atoms with van der Waals surface area (Å²) in [5.74, 6) is 6.66. The van der Waals surface area contributed by atoms with Gasteiger partial charge in [0.25, 0.3) is 0 Å². The van der Waals surface area contributed by atoms with Crippen LogP contribution in [0.4, 0.5) is 0 Å². The molecule has 3 N–H and O–H groups in total. The minimum Gasteiger partial charge on any atom is -0.271 e. The third kappa shape index (κ3) is 10.5. The Morgan fingerprint density at radius 2 is 2.00 bits per heavy atom. The fraction of sp³-hybridized carbons (Fsp3) is 0.846. The Balaban J connectivity index is 3.55. The van der Waals surface area contributed by atoms with Crippen LogP contribution in [0.25, 0.3) is 0 Å². The van der Waals surface area contributed by atoms with Gasteiger partial charge in [-0.3, -0.25) is 11.3 Å². The number of nitrogens with one attached hydrogen (secondary N) is 1. The van der Waals surface area contributed by atoms with E-state index in [0.717, 1.165) is 12.2 Å². The van der Waals surface area contributed by atoms with Crippen LogP contribution in [0.1, 0.15) is 52.9 Å². The van der Waals surface area contributed by atoms with Gasteiger partial charge in [0.2, 0.25) is 0 Å². The summed E-state index contributed by atoms with van der Waals surface area (Å²) in [6, 6.07) is 0.452. The van der Waals surface area contributed by atoms with Gasteiger partial charge in [0.05, 0.1) is 0 Å². The predicted molar refractivity (Wildman–Crippen MR) is 76.6 cm³/mol. The molecule has 0 aromatic rings. The highest BCUT2D eigenvalue weighted by molar-refractivity contribution is 8.00. The largest absolute Gasteiger partial charge is 0.271 e. The number of unbranched alkanes of at least 4 members (excludes halogenated alkanes) is 3. The van der Waals surface area contributed by atoms with E-state index in [4.69, 9.17) is 5.84 Å². The van der Waals surface area contributed by atoms with Gasteiger partial charge in [0.1, 0.15) is 0 Å². The summed E-state index contributed by atoms with van der Waals surface area (Å²) in [5, 5.41) is 0. The molecule has 3 heteroatoms. The highest BCUT2D eigenvalue weighted by Crippen LogP contribution is 2.24. The van der Waals surface area contributed by atoms with Gasteiger partial charge in [0.15, 0.2) is 0 Å². The van der Waals surface area contributed by atoms with Gasteiger partial charge in [-0.15, -0.1) is 6.58 Å². The molecule has 0 aliphatic carbocycles. The number of hydrazine groups is 1. The molecule has 0 saturated carbocycles. The highest BCUT2D eigenvalue weighted by Gasteiger charge is 2.14. The second-order valence-electron chi connectivity index (χ2n) is 5.21. The number of rotatable bonds is 9. The first kappa shape index (κ1) is 16.0. The zero-order chi connectivity index (χ0) is 12.4. The Morgan fingerprint density at radius 3 is 2.50 bits per heavy atom. The second kappa shape index (κ2) is 9.08. The van der Waals surface area contributed by atoms with E-state index in [-0.39, 0.29) is 0 Å². The summed E-state index contributed by atoms with van der Waals surface area (Å²) >= 11 is 1.98. The lowest BCUT2D eigenvalue weighted by Crippen LogP contribution is -2.37. The van der Waals surface area contributed by atoms with Crippen molar-refractivity contribution < 1.29 is 0 Å². The van der Waals surface area contributed by atoms with Gasteiger partial charge >= 0.3 is 0 Å². The molecular formula is C13H28N2S. The lowest BCUT2D eigenvalue weighted by molar-refractivity contribution is 0.502. The number of nitrogens with two attached hydrogens (primary N) is 1. The SMILES string of the molecule is C=CCCCCCC(CSC(C)(C)C)NN. The average molecular weight is 244 g/mol. The molecule has 0 bridgehead atoms. The van der Waals surface area contributed by atoms with Crippen molar-refractivity contribution in [1.29, 1.82) is 0 Å². The van der Waals surface area contributed by atoms with Crippen molar-refractivity contribution in [3.8, 4) is 0 Å². The monoisotopic (exact) mass is 244 g/mol. The fourth-order valence-corrected chi connectivity index (χ4v) is 2.39. The van der Waals surface area contributed by atoms with Crippen LogP contribution in [0.3, 0.4) is 0 Å². The third-order valence-electron chi connectivity index (χ3n) is 2.41. The topological polar surface area (TPSA) is 38.0 Å². The Morgan fingerprint density at radius 1 is 1.31 bits per heavy atom. The van der Waals surface area contributed by atoms with Gasteiger partial charge < -0.3 is 0 Å².